The Bertz CT molecular complexity index is 764. The molecule has 3 N–H and O–H groups in total. The van der Waals surface area contributed by atoms with Crippen molar-refractivity contribution in [2.75, 3.05) is 30.3 Å². The molecule has 0 unspecified atom stereocenters. The zero-order chi connectivity index (χ0) is 19.2. The van der Waals surface area contributed by atoms with Crippen LogP contribution in [0.5, 0.6) is 0 Å². The summed E-state index contributed by atoms with van der Waals surface area (Å²) in [5.41, 5.74) is -0.592. The maximum absolute atomic E-state index is 12.9. The van der Waals surface area contributed by atoms with E-state index in [2.05, 4.69) is 25.9 Å². The van der Waals surface area contributed by atoms with Crippen LogP contribution in [-0.2, 0) is 6.18 Å². The zero-order valence-corrected chi connectivity index (χ0v) is 14.4. The molecule has 0 radical (unpaired) electrons. The molecule has 0 atom stereocenters. The Morgan fingerprint density at radius 2 is 1.85 bits per heavy atom. The molecule has 2 aromatic rings. The van der Waals surface area contributed by atoms with Gasteiger partial charge < -0.3 is 16.0 Å². The summed E-state index contributed by atoms with van der Waals surface area (Å²) in [4.78, 5) is 20.5. The van der Waals surface area contributed by atoms with Crippen molar-refractivity contribution in [1.82, 2.24) is 15.3 Å². The minimum absolute atomic E-state index is 0.124. The lowest BCUT2D eigenvalue weighted by Gasteiger charge is -2.13. The fourth-order valence-corrected chi connectivity index (χ4v) is 2.29. The third-order valence-corrected chi connectivity index (χ3v) is 3.38. The molecule has 0 aliphatic rings. The first-order valence-electron chi connectivity index (χ1n) is 8.09. The van der Waals surface area contributed by atoms with Crippen LogP contribution in [0, 0.1) is 6.92 Å². The summed E-state index contributed by atoms with van der Waals surface area (Å²) < 4.78 is 38.8. The van der Waals surface area contributed by atoms with E-state index in [-0.39, 0.29) is 13.1 Å². The molecule has 1 aromatic carbocycles. The second kappa shape index (κ2) is 8.50. The summed E-state index contributed by atoms with van der Waals surface area (Å²) in [6.45, 7) is 4.88. The SMILES string of the molecule is CCNc1cc(C)nc(NCCNC(=O)c2ccccc2C(F)(F)F)n1. The molecule has 2 rings (SSSR count). The van der Waals surface area contributed by atoms with Gasteiger partial charge in [-0.15, -0.1) is 0 Å². The summed E-state index contributed by atoms with van der Waals surface area (Å²) in [6, 6.07) is 6.47. The van der Waals surface area contributed by atoms with Gasteiger partial charge in [0.25, 0.3) is 5.91 Å². The number of hydrogen-bond acceptors (Lipinski definition) is 5. The van der Waals surface area contributed by atoms with Crippen LogP contribution in [0.4, 0.5) is 24.9 Å². The van der Waals surface area contributed by atoms with Crippen LogP contribution in [0.1, 0.15) is 28.5 Å². The number of amides is 1. The maximum atomic E-state index is 12.9. The van der Waals surface area contributed by atoms with Gasteiger partial charge in [0, 0.05) is 31.4 Å². The van der Waals surface area contributed by atoms with Crippen LogP contribution in [0.25, 0.3) is 0 Å². The minimum atomic E-state index is -4.58. The number of rotatable bonds is 7. The maximum Gasteiger partial charge on any atom is 0.417 e. The van der Waals surface area contributed by atoms with E-state index in [0.717, 1.165) is 17.8 Å². The molecule has 0 aliphatic heterocycles. The van der Waals surface area contributed by atoms with Gasteiger partial charge in [0.05, 0.1) is 11.1 Å². The van der Waals surface area contributed by atoms with E-state index in [1.54, 1.807) is 6.07 Å². The lowest BCUT2D eigenvalue weighted by molar-refractivity contribution is -0.137. The molecule has 1 heterocycles. The van der Waals surface area contributed by atoms with Gasteiger partial charge in [-0.2, -0.15) is 18.2 Å². The highest BCUT2D eigenvalue weighted by Crippen LogP contribution is 2.31. The summed E-state index contributed by atoms with van der Waals surface area (Å²) in [5, 5.41) is 8.47. The highest BCUT2D eigenvalue weighted by atomic mass is 19.4. The largest absolute Gasteiger partial charge is 0.417 e. The van der Waals surface area contributed by atoms with Crippen LogP contribution in [0.2, 0.25) is 0 Å². The number of anilines is 2. The molecule has 0 saturated heterocycles. The molecule has 1 aromatic heterocycles. The first-order chi connectivity index (χ1) is 12.3. The van der Waals surface area contributed by atoms with E-state index < -0.39 is 23.2 Å². The number of carbonyl (C=O) groups is 1. The van der Waals surface area contributed by atoms with Gasteiger partial charge in [-0.3, -0.25) is 4.79 Å². The normalized spacial score (nSPS) is 11.1. The van der Waals surface area contributed by atoms with Crippen LogP contribution in [0.15, 0.2) is 30.3 Å². The molecule has 1 amide bonds. The van der Waals surface area contributed by atoms with Gasteiger partial charge in [0.1, 0.15) is 5.82 Å². The number of carbonyl (C=O) groups excluding carboxylic acids is 1. The lowest BCUT2D eigenvalue weighted by Crippen LogP contribution is -2.30. The number of halogens is 3. The van der Waals surface area contributed by atoms with Gasteiger partial charge in [-0.1, -0.05) is 12.1 Å². The Kier molecular flexibility index (Phi) is 6.37. The van der Waals surface area contributed by atoms with Crippen molar-refractivity contribution in [2.45, 2.75) is 20.0 Å². The predicted molar refractivity (Wildman–Crippen MR) is 93.2 cm³/mol. The van der Waals surface area contributed by atoms with Gasteiger partial charge in [-0.25, -0.2) is 4.98 Å². The number of benzene rings is 1. The number of hydrogen-bond donors (Lipinski definition) is 3. The zero-order valence-electron chi connectivity index (χ0n) is 14.4. The Labute approximate surface area is 149 Å². The quantitative estimate of drug-likeness (QED) is 0.656. The first-order valence-corrected chi connectivity index (χ1v) is 8.09. The Morgan fingerprint density at radius 1 is 1.12 bits per heavy atom. The predicted octanol–water partition coefficient (Wildman–Crippen LogP) is 3.08. The third-order valence-electron chi connectivity index (χ3n) is 3.38. The fraction of sp³-hybridized carbons (Fsp3) is 0.353. The molecular formula is C17H20F3N5O. The smallest absolute Gasteiger partial charge is 0.370 e. The van der Waals surface area contributed by atoms with Crippen molar-refractivity contribution in [3.05, 3.63) is 47.2 Å². The van der Waals surface area contributed by atoms with Crippen molar-refractivity contribution in [1.29, 1.82) is 0 Å². The van der Waals surface area contributed by atoms with E-state index >= 15 is 0 Å². The highest BCUT2D eigenvalue weighted by Gasteiger charge is 2.34. The number of nitrogens with zero attached hydrogens (tertiary/aromatic N) is 2. The second-order valence-electron chi connectivity index (χ2n) is 5.47. The number of aromatic nitrogens is 2. The number of nitrogens with one attached hydrogen (secondary N) is 3. The Morgan fingerprint density at radius 3 is 2.54 bits per heavy atom. The number of aryl methyl sites for hydroxylation is 1. The van der Waals surface area contributed by atoms with Crippen LogP contribution >= 0.6 is 0 Å². The topological polar surface area (TPSA) is 78.9 Å². The molecule has 0 fully saturated rings. The van der Waals surface area contributed by atoms with Crippen LogP contribution in [0.3, 0.4) is 0 Å². The Hall–Kier alpha value is -2.84. The van der Waals surface area contributed by atoms with E-state index in [0.29, 0.717) is 18.3 Å². The van der Waals surface area contributed by atoms with Crippen molar-refractivity contribution in [2.24, 2.45) is 0 Å². The summed E-state index contributed by atoms with van der Waals surface area (Å²) in [6.07, 6.45) is -4.58. The molecule has 0 aliphatic carbocycles. The minimum Gasteiger partial charge on any atom is -0.370 e. The third kappa shape index (κ3) is 5.33. The molecule has 6 nitrogen and oxygen atoms in total. The van der Waals surface area contributed by atoms with Crippen molar-refractivity contribution in [3.8, 4) is 0 Å². The molecule has 140 valence electrons. The fourth-order valence-electron chi connectivity index (χ4n) is 2.29. The van der Waals surface area contributed by atoms with E-state index in [4.69, 9.17) is 0 Å². The van der Waals surface area contributed by atoms with E-state index in [1.165, 1.54) is 12.1 Å². The van der Waals surface area contributed by atoms with Gasteiger partial charge in [0.2, 0.25) is 5.95 Å². The van der Waals surface area contributed by atoms with Gasteiger partial charge in [-0.05, 0) is 26.0 Å². The standard InChI is InChI=1S/C17H20F3N5O/c1-3-21-14-10-11(2)24-16(25-14)23-9-8-22-15(26)12-6-4-5-7-13(12)17(18,19)20/h4-7,10H,3,8-9H2,1-2H3,(H,22,26)(H2,21,23,24,25). The number of alkyl halides is 3. The molecular weight excluding hydrogens is 347 g/mol. The summed E-state index contributed by atoms with van der Waals surface area (Å²) in [5.74, 6) is 0.273. The second-order valence-corrected chi connectivity index (χ2v) is 5.47. The van der Waals surface area contributed by atoms with E-state index in [9.17, 15) is 18.0 Å². The van der Waals surface area contributed by atoms with Gasteiger partial charge in [0.15, 0.2) is 0 Å². The Balaban J connectivity index is 1.92. The molecule has 0 bridgehead atoms. The average molecular weight is 367 g/mol. The monoisotopic (exact) mass is 367 g/mol. The van der Waals surface area contributed by atoms with Crippen LogP contribution < -0.4 is 16.0 Å². The average Bonchev–Trinajstić information content (AvgIpc) is 2.57. The van der Waals surface area contributed by atoms with Crippen molar-refractivity contribution in [3.63, 3.8) is 0 Å². The first kappa shape index (κ1) is 19.5. The van der Waals surface area contributed by atoms with Crippen LogP contribution in [-0.4, -0.2) is 35.5 Å². The lowest BCUT2D eigenvalue weighted by atomic mass is 10.1. The molecule has 9 heteroatoms. The van der Waals surface area contributed by atoms with Crippen molar-refractivity contribution >= 4 is 17.7 Å². The van der Waals surface area contributed by atoms with Gasteiger partial charge >= 0.3 is 6.18 Å². The summed E-state index contributed by atoms with van der Waals surface area (Å²) >= 11 is 0. The summed E-state index contributed by atoms with van der Waals surface area (Å²) in [7, 11) is 0. The van der Waals surface area contributed by atoms with Crippen molar-refractivity contribution < 1.29 is 18.0 Å². The van der Waals surface area contributed by atoms with E-state index in [1.807, 2.05) is 13.8 Å². The molecule has 26 heavy (non-hydrogen) atoms. The highest BCUT2D eigenvalue weighted by molar-refractivity contribution is 5.95. The molecule has 0 spiro atoms. The molecule has 0 saturated carbocycles.